The van der Waals surface area contributed by atoms with Gasteiger partial charge in [0.25, 0.3) is 0 Å². The van der Waals surface area contributed by atoms with Crippen LogP contribution >= 0.6 is 31.4 Å². The van der Waals surface area contributed by atoms with Crippen LogP contribution in [0, 0.1) is 5.82 Å². The molecular weight excluding hydrogens is 293 g/mol. The molecule has 18 heavy (non-hydrogen) atoms. The van der Waals surface area contributed by atoms with Crippen molar-refractivity contribution in [1.82, 2.24) is 0 Å². The molecule has 0 aromatic heterocycles. The fourth-order valence-corrected chi connectivity index (χ4v) is 3.48. The first-order chi connectivity index (χ1) is 8.08. The molecule has 0 saturated carbocycles. The second kappa shape index (κ2) is 5.63. The molecule has 0 bridgehead atoms. The highest BCUT2D eigenvalue weighted by Gasteiger charge is 2.53. The molecule has 5 heteroatoms. The lowest BCUT2D eigenvalue weighted by atomic mass is 9.93. The van der Waals surface area contributed by atoms with Crippen LogP contribution in [0.1, 0.15) is 27.7 Å². The zero-order valence-corrected chi connectivity index (χ0v) is 13.6. The molecule has 1 aliphatic rings. The number of benzene rings is 1. The van der Waals surface area contributed by atoms with E-state index in [0.717, 1.165) is 0 Å². The summed E-state index contributed by atoms with van der Waals surface area (Å²) < 4.78 is 17.8. The van der Waals surface area contributed by atoms with E-state index >= 15 is 0 Å². The molecule has 0 N–H and O–H groups in total. The van der Waals surface area contributed by atoms with Crippen LogP contribution in [0.3, 0.4) is 0 Å². The Morgan fingerprint density at radius 1 is 1.11 bits per heavy atom. The van der Waals surface area contributed by atoms with Gasteiger partial charge >= 0.3 is 0 Å². The summed E-state index contributed by atoms with van der Waals surface area (Å²) in [5.41, 5.74) is 0.119. The van der Waals surface area contributed by atoms with E-state index in [1.165, 1.54) is 18.2 Å². The number of rotatable bonds is 0. The average Bonchev–Trinajstić information content (AvgIpc) is 2.24. The van der Waals surface area contributed by atoms with Crippen molar-refractivity contribution in [2.45, 2.75) is 38.5 Å². The van der Waals surface area contributed by atoms with E-state index in [1.54, 1.807) is 0 Å². The highest BCUT2D eigenvalue weighted by molar-refractivity contribution is 7.55. The van der Waals surface area contributed by atoms with Gasteiger partial charge in [-0.05, 0) is 38.7 Å². The molecule has 1 aliphatic heterocycles. The van der Waals surface area contributed by atoms with E-state index in [1.807, 2.05) is 0 Å². The molecule has 2 rings (SSSR count). The van der Waals surface area contributed by atoms with Crippen molar-refractivity contribution in [3.8, 4) is 0 Å². The second-order valence-electron chi connectivity index (χ2n) is 5.22. The Morgan fingerprint density at radius 2 is 1.67 bits per heavy atom. The summed E-state index contributed by atoms with van der Waals surface area (Å²) in [7, 11) is -0.149. The summed E-state index contributed by atoms with van der Waals surface area (Å²) in [4.78, 5) is 0. The monoisotopic (exact) mass is 310 g/mol. The van der Waals surface area contributed by atoms with E-state index < -0.39 is 0 Å². The van der Waals surface area contributed by atoms with Gasteiger partial charge in [0.1, 0.15) is 5.82 Å². The minimum atomic E-state index is -0.371. The van der Waals surface area contributed by atoms with Gasteiger partial charge in [0.15, 0.2) is 0 Å². The van der Waals surface area contributed by atoms with Gasteiger partial charge in [-0.15, -0.1) is 0 Å². The predicted octanol–water partition coefficient (Wildman–Crippen LogP) is 5.73. The molecule has 1 heterocycles. The van der Waals surface area contributed by atoms with Gasteiger partial charge in [0.05, 0.1) is 15.6 Å². The van der Waals surface area contributed by atoms with E-state index in [-0.39, 0.29) is 24.6 Å². The lowest BCUT2D eigenvalue weighted by Crippen LogP contribution is -2.54. The molecule has 1 nitrogen and oxygen atoms in total. The van der Waals surface area contributed by atoms with Crippen molar-refractivity contribution in [3.05, 3.63) is 34.1 Å². The van der Waals surface area contributed by atoms with Crippen LogP contribution in [0.25, 0.3) is 0 Å². The lowest BCUT2D eigenvalue weighted by Gasteiger charge is -2.56. The third kappa shape index (κ3) is 3.36. The molecule has 0 aliphatic carbocycles. The van der Waals surface area contributed by atoms with E-state index in [4.69, 9.17) is 27.7 Å². The van der Waals surface area contributed by atoms with Gasteiger partial charge in [-0.1, -0.05) is 37.0 Å². The van der Waals surface area contributed by atoms with Crippen molar-refractivity contribution < 1.29 is 8.91 Å². The highest BCUT2D eigenvalue weighted by Crippen LogP contribution is 2.66. The van der Waals surface area contributed by atoms with Crippen LogP contribution in [0.15, 0.2) is 18.2 Å². The van der Waals surface area contributed by atoms with Crippen molar-refractivity contribution in [2.24, 2.45) is 0 Å². The summed E-state index contributed by atoms with van der Waals surface area (Å²) in [6.45, 7) is 11.1. The summed E-state index contributed by atoms with van der Waals surface area (Å²) in [5, 5.41) is 1.04. The van der Waals surface area contributed by atoms with Crippen LogP contribution in [0.4, 0.5) is 4.39 Å². The molecular formula is C13H18Cl2FOP. The quantitative estimate of drug-likeness (QED) is 0.439. The third-order valence-corrected chi connectivity index (χ3v) is 7.09. The Balaban J connectivity index is 0.000000180. The van der Waals surface area contributed by atoms with Crippen molar-refractivity contribution in [1.29, 1.82) is 0 Å². The maximum atomic E-state index is 12.2. The first-order valence-corrected chi connectivity index (χ1v) is 8.08. The summed E-state index contributed by atoms with van der Waals surface area (Å²) in [5.74, 6) is -0.371. The van der Waals surface area contributed by atoms with Crippen molar-refractivity contribution in [2.75, 3.05) is 6.66 Å². The van der Waals surface area contributed by atoms with Gasteiger partial charge in [-0.3, -0.25) is 0 Å². The molecule has 0 amide bonds. The molecule has 102 valence electrons. The summed E-state index contributed by atoms with van der Waals surface area (Å²) >= 11 is 10.9. The number of hydrogen-bond donors (Lipinski definition) is 0. The van der Waals surface area contributed by atoms with Gasteiger partial charge in [-0.25, -0.2) is 4.39 Å². The predicted molar refractivity (Wildman–Crippen MR) is 78.5 cm³/mol. The van der Waals surface area contributed by atoms with Crippen LogP contribution < -0.4 is 0 Å². The Bertz CT molecular complexity index is 435. The molecule has 1 atom stereocenters. The van der Waals surface area contributed by atoms with Crippen molar-refractivity contribution in [3.63, 3.8) is 0 Å². The minimum Gasteiger partial charge on any atom is -0.352 e. The van der Waals surface area contributed by atoms with Gasteiger partial charge in [0.2, 0.25) is 0 Å². The van der Waals surface area contributed by atoms with Gasteiger partial charge in [-0.2, -0.15) is 0 Å². The second-order valence-corrected chi connectivity index (χ2v) is 8.33. The molecule has 1 aromatic carbocycles. The maximum absolute atomic E-state index is 12.2. The molecule has 1 aromatic rings. The van der Waals surface area contributed by atoms with E-state index in [9.17, 15) is 4.39 Å². The number of halogens is 3. The molecule has 1 unspecified atom stereocenters. The third-order valence-electron chi connectivity index (χ3n) is 3.51. The SMILES string of the molecule is CP1OC(C)(C)C1(C)C.Fc1ccc(Cl)c(Cl)c1. The largest absolute Gasteiger partial charge is 0.352 e. The smallest absolute Gasteiger partial charge is 0.124 e. The molecule has 0 radical (unpaired) electrons. The molecule has 1 saturated heterocycles. The van der Waals surface area contributed by atoms with Crippen LogP contribution in [-0.2, 0) is 4.52 Å². The average molecular weight is 311 g/mol. The van der Waals surface area contributed by atoms with Crippen molar-refractivity contribution >= 4 is 31.4 Å². The standard InChI is InChI=1S/C7H15OP.C6H3Cl2F/c1-6(2)7(3,4)9(5)8-6;7-5-2-1-4(9)3-6(5)8/h1-5H3;1-3H. The highest BCUT2D eigenvalue weighted by atomic mass is 35.5. The topological polar surface area (TPSA) is 9.23 Å². The van der Waals surface area contributed by atoms with E-state index in [2.05, 4.69) is 34.4 Å². The van der Waals surface area contributed by atoms with Crippen LogP contribution in [0.2, 0.25) is 10.0 Å². The first-order valence-electron chi connectivity index (χ1n) is 5.61. The summed E-state index contributed by atoms with van der Waals surface area (Å²) in [6, 6.07) is 3.84. The van der Waals surface area contributed by atoms with Crippen LogP contribution in [0.5, 0.6) is 0 Å². The zero-order chi connectivity index (χ0) is 14.1. The van der Waals surface area contributed by atoms with Gasteiger partial charge in [0, 0.05) is 13.3 Å². The maximum Gasteiger partial charge on any atom is 0.124 e. The minimum absolute atomic E-state index is 0.119. The van der Waals surface area contributed by atoms with E-state index in [0.29, 0.717) is 10.2 Å². The first kappa shape index (κ1) is 16.2. The van der Waals surface area contributed by atoms with Crippen LogP contribution in [-0.4, -0.2) is 17.4 Å². The molecule has 1 fully saturated rings. The summed E-state index contributed by atoms with van der Waals surface area (Å²) in [6.07, 6.45) is 0. The Kier molecular flexibility index (Phi) is 5.06. The zero-order valence-electron chi connectivity index (χ0n) is 11.2. The number of hydrogen-bond acceptors (Lipinski definition) is 1. The Morgan fingerprint density at radius 3 is 1.89 bits per heavy atom. The van der Waals surface area contributed by atoms with Gasteiger partial charge < -0.3 is 4.52 Å². The Labute approximate surface area is 119 Å². The fourth-order valence-electron chi connectivity index (χ4n) is 1.38. The Hall–Kier alpha value is 0.120. The lowest BCUT2D eigenvalue weighted by molar-refractivity contribution is 0.0268. The normalized spacial score (nSPS) is 23.7. The fraction of sp³-hybridized carbons (Fsp3) is 0.538. The molecule has 0 spiro atoms.